The van der Waals surface area contributed by atoms with Gasteiger partial charge in [0.2, 0.25) is 0 Å². The number of hydrogen-bond acceptors (Lipinski definition) is 5. The van der Waals surface area contributed by atoms with Crippen LogP contribution >= 0.6 is 0 Å². The number of nitrogens with one attached hydrogen (secondary N) is 1. The monoisotopic (exact) mass is 268 g/mol. The molecule has 0 atom stereocenters. The van der Waals surface area contributed by atoms with Crippen LogP contribution in [0.15, 0.2) is 10.6 Å². The van der Waals surface area contributed by atoms with Crippen molar-refractivity contribution in [3.63, 3.8) is 0 Å². The number of aliphatic hydroxyl groups is 1. The topological polar surface area (TPSA) is 84.6 Å². The third kappa shape index (κ3) is 4.55. The Morgan fingerprint density at radius 1 is 1.53 bits per heavy atom. The molecule has 19 heavy (non-hydrogen) atoms. The van der Waals surface area contributed by atoms with Gasteiger partial charge in [0.1, 0.15) is 5.76 Å². The number of aromatic nitrogens is 1. The Balaban J connectivity index is 1.62. The number of amides is 1. The summed E-state index contributed by atoms with van der Waals surface area (Å²) in [7, 11) is 0. The lowest BCUT2D eigenvalue weighted by Gasteiger charge is -2.25. The van der Waals surface area contributed by atoms with Gasteiger partial charge in [-0.3, -0.25) is 4.79 Å². The van der Waals surface area contributed by atoms with Gasteiger partial charge >= 0.3 is 0 Å². The molecule has 1 saturated carbocycles. The molecule has 1 aliphatic rings. The molecule has 6 heteroatoms. The largest absolute Gasteiger partial charge is 0.465 e. The van der Waals surface area contributed by atoms with Crippen molar-refractivity contribution in [2.24, 2.45) is 5.92 Å². The third-order valence-electron chi connectivity index (χ3n) is 3.36. The first-order chi connectivity index (χ1) is 9.13. The first-order valence-corrected chi connectivity index (χ1v) is 6.64. The summed E-state index contributed by atoms with van der Waals surface area (Å²) in [5.74, 6) is 1.28. The van der Waals surface area contributed by atoms with E-state index in [9.17, 15) is 9.90 Å². The molecule has 0 spiro atoms. The molecule has 0 radical (unpaired) electrons. The minimum atomic E-state index is -0.161. The highest BCUT2D eigenvalue weighted by molar-refractivity contribution is 5.77. The highest BCUT2D eigenvalue weighted by atomic mass is 16.5. The molecule has 1 aromatic rings. The van der Waals surface area contributed by atoms with E-state index in [1.54, 1.807) is 13.0 Å². The maximum Gasteiger partial charge on any atom is 0.258 e. The second kappa shape index (κ2) is 6.56. The molecule has 0 bridgehead atoms. The SMILES string of the molecule is Cc1cc(OCC(=O)NCC2CCC(O)CC2)no1. The van der Waals surface area contributed by atoms with Gasteiger partial charge in [0.05, 0.1) is 6.10 Å². The van der Waals surface area contributed by atoms with Crippen LogP contribution in [-0.4, -0.2) is 35.4 Å². The van der Waals surface area contributed by atoms with E-state index in [0.29, 0.717) is 24.1 Å². The predicted octanol–water partition coefficient (Wildman–Crippen LogP) is 1.03. The Morgan fingerprint density at radius 2 is 2.26 bits per heavy atom. The average molecular weight is 268 g/mol. The highest BCUT2D eigenvalue weighted by Gasteiger charge is 2.19. The van der Waals surface area contributed by atoms with Gasteiger partial charge in [0.25, 0.3) is 11.8 Å². The molecule has 1 heterocycles. The van der Waals surface area contributed by atoms with Crippen molar-refractivity contribution < 1.29 is 19.2 Å². The zero-order valence-electron chi connectivity index (χ0n) is 11.1. The van der Waals surface area contributed by atoms with Gasteiger partial charge in [0.15, 0.2) is 6.61 Å². The van der Waals surface area contributed by atoms with Gasteiger partial charge in [-0.05, 0) is 43.7 Å². The number of nitrogens with zero attached hydrogens (tertiary/aromatic N) is 1. The van der Waals surface area contributed by atoms with E-state index < -0.39 is 0 Å². The first kappa shape index (κ1) is 13.9. The molecule has 1 aromatic heterocycles. The van der Waals surface area contributed by atoms with Gasteiger partial charge in [-0.2, -0.15) is 0 Å². The Kier molecular flexibility index (Phi) is 4.79. The van der Waals surface area contributed by atoms with Crippen molar-refractivity contribution in [1.29, 1.82) is 0 Å². The molecule has 0 aliphatic heterocycles. The van der Waals surface area contributed by atoms with Crippen LogP contribution in [0.2, 0.25) is 0 Å². The van der Waals surface area contributed by atoms with E-state index in [4.69, 9.17) is 9.26 Å². The van der Waals surface area contributed by atoms with Crippen molar-refractivity contribution in [2.45, 2.75) is 38.7 Å². The van der Waals surface area contributed by atoms with Crippen molar-refractivity contribution in [3.8, 4) is 5.88 Å². The van der Waals surface area contributed by atoms with Crippen molar-refractivity contribution in [3.05, 3.63) is 11.8 Å². The van der Waals surface area contributed by atoms with Crippen LogP contribution in [-0.2, 0) is 4.79 Å². The molecule has 0 aromatic carbocycles. The Hall–Kier alpha value is -1.56. The lowest BCUT2D eigenvalue weighted by Crippen LogP contribution is -2.35. The molecule has 0 saturated heterocycles. The fourth-order valence-corrected chi connectivity index (χ4v) is 2.21. The molecule has 1 fully saturated rings. The van der Waals surface area contributed by atoms with Crippen LogP contribution in [0.5, 0.6) is 5.88 Å². The number of hydrogen-bond donors (Lipinski definition) is 2. The molecule has 2 N–H and O–H groups in total. The van der Waals surface area contributed by atoms with Crippen LogP contribution in [0.25, 0.3) is 0 Å². The summed E-state index contributed by atoms with van der Waals surface area (Å²) < 4.78 is 10.0. The molecule has 6 nitrogen and oxygen atoms in total. The lowest BCUT2D eigenvalue weighted by molar-refractivity contribution is -0.123. The first-order valence-electron chi connectivity index (χ1n) is 6.64. The summed E-state index contributed by atoms with van der Waals surface area (Å²) in [6.45, 7) is 2.35. The maximum atomic E-state index is 11.6. The molecule has 1 amide bonds. The van der Waals surface area contributed by atoms with Crippen molar-refractivity contribution in [1.82, 2.24) is 10.5 Å². The quantitative estimate of drug-likeness (QED) is 0.833. The van der Waals surface area contributed by atoms with Crippen LogP contribution in [0.4, 0.5) is 0 Å². The molecule has 2 rings (SSSR count). The van der Waals surface area contributed by atoms with E-state index in [0.717, 1.165) is 25.7 Å². The minimum absolute atomic E-state index is 0.0542. The van der Waals surface area contributed by atoms with Crippen LogP contribution < -0.4 is 10.1 Å². The normalized spacial score (nSPS) is 23.1. The number of aryl methyl sites for hydroxylation is 1. The second-order valence-corrected chi connectivity index (χ2v) is 5.04. The fourth-order valence-electron chi connectivity index (χ4n) is 2.21. The molecule has 106 valence electrons. The zero-order chi connectivity index (χ0) is 13.7. The Morgan fingerprint density at radius 3 is 2.89 bits per heavy atom. The summed E-state index contributed by atoms with van der Waals surface area (Å²) in [4.78, 5) is 11.6. The van der Waals surface area contributed by atoms with Gasteiger partial charge in [-0.15, -0.1) is 0 Å². The summed E-state index contributed by atoms with van der Waals surface area (Å²) in [6.07, 6.45) is 3.42. The average Bonchev–Trinajstić information content (AvgIpc) is 2.81. The fraction of sp³-hybridized carbons (Fsp3) is 0.692. The van der Waals surface area contributed by atoms with Crippen LogP contribution in [0.1, 0.15) is 31.4 Å². The minimum Gasteiger partial charge on any atom is -0.465 e. The summed E-state index contributed by atoms with van der Waals surface area (Å²) >= 11 is 0. The zero-order valence-corrected chi connectivity index (χ0v) is 11.1. The number of ether oxygens (including phenoxy) is 1. The van der Waals surface area contributed by atoms with Gasteiger partial charge in [0, 0.05) is 12.6 Å². The van der Waals surface area contributed by atoms with E-state index in [2.05, 4.69) is 10.5 Å². The lowest BCUT2D eigenvalue weighted by atomic mass is 9.87. The summed E-state index contributed by atoms with van der Waals surface area (Å²) in [5, 5.41) is 15.9. The van der Waals surface area contributed by atoms with Gasteiger partial charge < -0.3 is 19.7 Å². The van der Waals surface area contributed by atoms with Crippen LogP contribution in [0.3, 0.4) is 0 Å². The molecular formula is C13H20N2O4. The smallest absolute Gasteiger partial charge is 0.258 e. The van der Waals surface area contributed by atoms with Crippen molar-refractivity contribution >= 4 is 5.91 Å². The van der Waals surface area contributed by atoms with E-state index in [-0.39, 0.29) is 18.6 Å². The van der Waals surface area contributed by atoms with E-state index >= 15 is 0 Å². The van der Waals surface area contributed by atoms with Gasteiger partial charge in [-0.25, -0.2) is 0 Å². The van der Waals surface area contributed by atoms with E-state index in [1.165, 1.54) is 0 Å². The molecular weight excluding hydrogens is 248 g/mol. The second-order valence-electron chi connectivity index (χ2n) is 5.04. The molecule has 1 aliphatic carbocycles. The maximum absolute atomic E-state index is 11.6. The van der Waals surface area contributed by atoms with Gasteiger partial charge in [-0.1, -0.05) is 0 Å². The standard InChI is InChI=1S/C13H20N2O4/c1-9-6-13(15-19-9)18-8-12(17)14-7-10-2-4-11(16)5-3-10/h6,10-11,16H,2-5,7-8H2,1H3,(H,14,17). The Labute approximate surface area is 112 Å². The predicted molar refractivity (Wildman–Crippen MR) is 67.7 cm³/mol. The summed E-state index contributed by atoms with van der Waals surface area (Å²) in [5.41, 5.74) is 0. The summed E-state index contributed by atoms with van der Waals surface area (Å²) in [6, 6.07) is 1.63. The number of carbonyl (C=O) groups is 1. The van der Waals surface area contributed by atoms with E-state index in [1.807, 2.05) is 0 Å². The third-order valence-corrected chi connectivity index (χ3v) is 3.36. The number of rotatable bonds is 5. The van der Waals surface area contributed by atoms with Crippen molar-refractivity contribution in [2.75, 3.05) is 13.2 Å². The number of aliphatic hydroxyl groups excluding tert-OH is 1. The van der Waals surface area contributed by atoms with Crippen LogP contribution in [0, 0.1) is 12.8 Å². The molecule has 0 unspecified atom stereocenters. The Bertz CT molecular complexity index is 411. The number of carbonyl (C=O) groups excluding carboxylic acids is 1. The highest BCUT2D eigenvalue weighted by Crippen LogP contribution is 2.23.